The highest BCUT2D eigenvalue weighted by molar-refractivity contribution is 5.90. The minimum atomic E-state index is -3.18. The molecule has 17 heteroatoms. The van der Waals surface area contributed by atoms with Gasteiger partial charge in [-0.05, 0) is 18.2 Å². The molecule has 36 heavy (non-hydrogen) atoms. The molecule has 4 rings (SSSR count). The zero-order valence-corrected chi connectivity index (χ0v) is 18.7. The average Bonchev–Trinajstić information content (AvgIpc) is 3.32. The smallest absolute Gasteiger partial charge is 0.414 e. The van der Waals surface area contributed by atoms with Crippen molar-refractivity contribution in [3.05, 3.63) is 24.0 Å². The van der Waals surface area contributed by atoms with Gasteiger partial charge in [-0.25, -0.2) is 24.5 Å². The molecule has 2 aliphatic heterocycles. The summed E-state index contributed by atoms with van der Waals surface area (Å²) >= 11 is 0. The average molecular weight is 512 g/mol. The van der Waals surface area contributed by atoms with Crippen molar-refractivity contribution >= 4 is 41.3 Å². The molecule has 1 atom stereocenters. The number of hydrogen-bond acceptors (Lipinski definition) is 9. The number of H-pyrrole nitrogens is 1. The maximum absolute atomic E-state index is 15.0. The van der Waals surface area contributed by atoms with Crippen molar-refractivity contribution in [3.63, 3.8) is 0 Å². The Hall–Kier alpha value is -4.28. The SMILES string of the molecule is Nc1nc(NC(=O)N2CCN(c3ccc(N4C[C@H](CNC(=O)C(F)F)OC4=O)cc3F)CCN2)n[nH]1. The van der Waals surface area contributed by atoms with Gasteiger partial charge >= 0.3 is 18.5 Å². The van der Waals surface area contributed by atoms with Gasteiger partial charge in [-0.15, -0.1) is 5.10 Å². The van der Waals surface area contributed by atoms with E-state index in [4.69, 9.17) is 10.5 Å². The third kappa shape index (κ3) is 5.68. The van der Waals surface area contributed by atoms with Crippen LogP contribution >= 0.6 is 0 Å². The van der Waals surface area contributed by atoms with E-state index in [9.17, 15) is 23.2 Å². The normalized spacial score (nSPS) is 18.3. The zero-order chi connectivity index (χ0) is 25.8. The molecule has 3 heterocycles. The molecule has 2 aliphatic rings. The van der Waals surface area contributed by atoms with Crippen LogP contribution in [0.15, 0.2) is 18.2 Å². The number of benzene rings is 1. The quantitative estimate of drug-likeness (QED) is 0.359. The lowest BCUT2D eigenvalue weighted by Gasteiger charge is -2.24. The molecule has 0 saturated carbocycles. The summed E-state index contributed by atoms with van der Waals surface area (Å²) in [6.07, 6.45) is -4.82. The molecule has 2 aromatic rings. The second kappa shape index (κ2) is 10.5. The third-order valence-electron chi connectivity index (χ3n) is 5.40. The molecule has 0 spiro atoms. The highest BCUT2D eigenvalue weighted by Crippen LogP contribution is 2.28. The van der Waals surface area contributed by atoms with E-state index in [0.29, 0.717) is 19.6 Å². The Morgan fingerprint density at radius 1 is 1.28 bits per heavy atom. The van der Waals surface area contributed by atoms with Gasteiger partial charge in [0.25, 0.3) is 11.9 Å². The molecular weight excluding hydrogens is 489 g/mol. The predicted molar refractivity (Wildman–Crippen MR) is 120 cm³/mol. The Labute approximate surface area is 201 Å². The molecule has 194 valence electrons. The number of hydrazine groups is 1. The molecule has 4 amide bonds. The predicted octanol–water partition coefficient (Wildman–Crippen LogP) is 0.0912. The van der Waals surface area contributed by atoms with E-state index in [1.165, 1.54) is 17.1 Å². The molecule has 2 saturated heterocycles. The highest BCUT2D eigenvalue weighted by atomic mass is 19.3. The van der Waals surface area contributed by atoms with E-state index >= 15 is 4.39 Å². The molecule has 0 bridgehead atoms. The van der Waals surface area contributed by atoms with Crippen LogP contribution in [-0.2, 0) is 9.53 Å². The first-order valence-corrected chi connectivity index (χ1v) is 10.8. The van der Waals surface area contributed by atoms with Crippen LogP contribution in [0.4, 0.5) is 46.0 Å². The number of nitrogens with one attached hydrogen (secondary N) is 4. The number of cyclic esters (lactones) is 1. The Kier molecular flexibility index (Phi) is 7.28. The van der Waals surface area contributed by atoms with Gasteiger partial charge in [0, 0.05) is 19.6 Å². The van der Waals surface area contributed by atoms with Gasteiger partial charge in [0.1, 0.15) is 11.9 Å². The fourth-order valence-corrected chi connectivity index (χ4v) is 3.69. The standard InChI is InChI=1S/C19H23F3N10O4/c20-12-7-10(31-9-11(36-19(31)35)8-24-15(33)14(21)22)1-2-13(12)30-4-3-25-32(6-5-30)18(34)27-17-26-16(23)28-29-17/h1-2,7,11,14,25H,3-6,8-9H2,(H,24,33)(H4,23,26,27,28,29,34)/t11-/m0/s1. The fraction of sp³-hybridized carbons (Fsp3) is 0.421. The number of aromatic amines is 1. The van der Waals surface area contributed by atoms with E-state index in [-0.39, 0.29) is 42.9 Å². The Morgan fingerprint density at radius 2 is 2.08 bits per heavy atom. The molecular formula is C19H23F3N10O4. The number of nitrogen functional groups attached to an aromatic ring is 1. The van der Waals surface area contributed by atoms with Gasteiger partial charge in [-0.3, -0.25) is 20.0 Å². The lowest BCUT2D eigenvalue weighted by atomic mass is 10.2. The van der Waals surface area contributed by atoms with Crippen molar-refractivity contribution in [1.82, 2.24) is 30.9 Å². The number of hydrogen-bond donors (Lipinski definition) is 5. The number of rotatable bonds is 6. The first-order chi connectivity index (χ1) is 17.2. The molecule has 1 aromatic heterocycles. The zero-order valence-electron chi connectivity index (χ0n) is 18.7. The van der Waals surface area contributed by atoms with Crippen molar-refractivity contribution < 1.29 is 32.3 Å². The minimum absolute atomic E-state index is 0.0149. The lowest BCUT2D eigenvalue weighted by Crippen LogP contribution is -2.46. The van der Waals surface area contributed by atoms with Crippen molar-refractivity contribution in [1.29, 1.82) is 0 Å². The Bertz CT molecular complexity index is 1130. The number of aromatic nitrogens is 3. The maximum atomic E-state index is 15.0. The Balaban J connectivity index is 1.35. The summed E-state index contributed by atoms with van der Waals surface area (Å²) in [6.45, 7) is 0.873. The maximum Gasteiger partial charge on any atom is 0.414 e. The highest BCUT2D eigenvalue weighted by Gasteiger charge is 2.33. The molecule has 1 aromatic carbocycles. The van der Waals surface area contributed by atoms with Crippen molar-refractivity contribution in [2.75, 3.05) is 60.1 Å². The van der Waals surface area contributed by atoms with Gasteiger partial charge in [-0.2, -0.15) is 13.8 Å². The number of carbonyl (C=O) groups is 3. The summed E-state index contributed by atoms with van der Waals surface area (Å²) < 4.78 is 44.7. The summed E-state index contributed by atoms with van der Waals surface area (Å²) in [7, 11) is 0. The Morgan fingerprint density at radius 3 is 2.78 bits per heavy atom. The molecule has 14 nitrogen and oxygen atoms in total. The van der Waals surface area contributed by atoms with Crippen molar-refractivity contribution in [2.24, 2.45) is 0 Å². The number of nitrogens with zero attached hydrogens (tertiary/aromatic N) is 5. The summed E-state index contributed by atoms with van der Waals surface area (Å²) in [5, 5.41) is 11.9. The van der Waals surface area contributed by atoms with Crippen LogP contribution in [0.3, 0.4) is 0 Å². The van der Waals surface area contributed by atoms with Crippen LogP contribution < -0.4 is 31.6 Å². The van der Waals surface area contributed by atoms with Crippen LogP contribution in [0.5, 0.6) is 0 Å². The fourth-order valence-electron chi connectivity index (χ4n) is 3.69. The van der Waals surface area contributed by atoms with Gasteiger partial charge in [0.2, 0.25) is 5.95 Å². The third-order valence-corrected chi connectivity index (χ3v) is 5.40. The molecule has 2 fully saturated rings. The van der Waals surface area contributed by atoms with E-state index in [2.05, 4.69) is 25.9 Å². The second-order valence-corrected chi connectivity index (χ2v) is 7.82. The topological polar surface area (TPSA) is 174 Å². The minimum Gasteiger partial charge on any atom is -0.442 e. The van der Waals surface area contributed by atoms with Crippen LogP contribution in [0.1, 0.15) is 0 Å². The van der Waals surface area contributed by atoms with Gasteiger partial charge < -0.3 is 20.7 Å². The molecule has 0 unspecified atom stereocenters. The molecule has 0 aliphatic carbocycles. The summed E-state index contributed by atoms with van der Waals surface area (Å²) in [5.41, 5.74) is 8.84. The number of alkyl halides is 2. The lowest BCUT2D eigenvalue weighted by molar-refractivity contribution is -0.132. The number of halogens is 3. The first-order valence-electron chi connectivity index (χ1n) is 10.8. The van der Waals surface area contributed by atoms with Crippen LogP contribution in [0, 0.1) is 5.82 Å². The number of carbonyl (C=O) groups excluding carboxylic acids is 3. The second-order valence-electron chi connectivity index (χ2n) is 7.82. The molecule has 6 N–H and O–H groups in total. The van der Waals surface area contributed by atoms with E-state index < -0.39 is 36.4 Å². The number of amides is 4. The number of urea groups is 1. The largest absolute Gasteiger partial charge is 0.442 e. The number of anilines is 4. The number of ether oxygens (including phenoxy) is 1. The summed E-state index contributed by atoms with van der Waals surface area (Å²) in [5.74, 6) is -2.01. The van der Waals surface area contributed by atoms with Gasteiger partial charge in [0.05, 0.1) is 31.0 Å². The monoisotopic (exact) mass is 512 g/mol. The first kappa shape index (κ1) is 24.8. The molecule has 0 radical (unpaired) electrons. The summed E-state index contributed by atoms with van der Waals surface area (Å²) in [4.78, 5) is 42.3. The van der Waals surface area contributed by atoms with Crippen LogP contribution in [0.2, 0.25) is 0 Å². The van der Waals surface area contributed by atoms with Crippen LogP contribution in [-0.4, -0.2) is 90.0 Å². The van der Waals surface area contributed by atoms with E-state index in [0.717, 1.165) is 11.0 Å². The summed E-state index contributed by atoms with van der Waals surface area (Å²) in [6, 6.07) is 3.66. The van der Waals surface area contributed by atoms with Gasteiger partial charge in [-0.1, -0.05) is 0 Å². The van der Waals surface area contributed by atoms with Crippen molar-refractivity contribution in [3.8, 4) is 0 Å². The van der Waals surface area contributed by atoms with E-state index in [1.807, 2.05) is 5.32 Å². The number of nitrogens with two attached hydrogens (primary N) is 1. The van der Waals surface area contributed by atoms with Crippen molar-refractivity contribution in [2.45, 2.75) is 12.5 Å². The van der Waals surface area contributed by atoms with Gasteiger partial charge in [0.15, 0.2) is 0 Å². The van der Waals surface area contributed by atoms with E-state index in [1.54, 1.807) is 4.90 Å². The van der Waals surface area contributed by atoms with Crippen LogP contribution in [0.25, 0.3) is 0 Å².